The summed E-state index contributed by atoms with van der Waals surface area (Å²) in [7, 11) is 0. The third kappa shape index (κ3) is 5.48. The first-order chi connectivity index (χ1) is 3.41. The van der Waals surface area contributed by atoms with E-state index < -0.39 is 0 Å². The zero-order chi connectivity index (χ0) is 5.54. The van der Waals surface area contributed by atoms with Crippen molar-refractivity contribution in [3.05, 3.63) is 0 Å². The van der Waals surface area contributed by atoms with Crippen molar-refractivity contribution >= 4 is 0 Å². The normalized spacial score (nSPS) is 7.14. The highest BCUT2D eigenvalue weighted by atomic mass is 15.2. The molecule has 0 unspecified atom stereocenters. The molecule has 3 N–H and O–H groups in total. The number of rotatable bonds is 2. The second kappa shape index (κ2) is 5.48. The van der Waals surface area contributed by atoms with Crippen LogP contribution in [0.2, 0.25) is 0 Å². The predicted octanol–water partition coefficient (Wildman–Crippen LogP) is -0.137. The maximum absolute atomic E-state index is 4.95. The summed E-state index contributed by atoms with van der Waals surface area (Å²) < 4.78 is 0. The number of hydrogen-bond acceptors (Lipinski definition) is 2. The quantitative estimate of drug-likeness (QED) is 0.218. The van der Waals surface area contributed by atoms with Gasteiger partial charge in [0, 0.05) is 13.0 Å². The Morgan fingerprint density at radius 2 is 2.43 bits per heavy atom. The highest BCUT2D eigenvalue weighted by Crippen LogP contribution is 1.65. The van der Waals surface area contributed by atoms with E-state index in [-0.39, 0.29) is 0 Å². The molecule has 0 rings (SSSR count). The fraction of sp³-hybridized carbons (Fsp3) is 0.600. The van der Waals surface area contributed by atoms with E-state index in [0.717, 1.165) is 13.0 Å². The Labute approximate surface area is 44.1 Å². The lowest BCUT2D eigenvalue weighted by Gasteiger charge is -1.85. The van der Waals surface area contributed by atoms with Gasteiger partial charge in [-0.25, -0.2) is 0 Å². The highest BCUT2D eigenvalue weighted by molar-refractivity contribution is 4.94. The number of hydrazine groups is 1. The largest absolute Gasteiger partial charge is 0.271 e. The molecule has 0 aliphatic heterocycles. The van der Waals surface area contributed by atoms with Crippen LogP contribution >= 0.6 is 0 Å². The molecule has 0 fully saturated rings. The summed E-state index contributed by atoms with van der Waals surface area (Å²) in [5.74, 6) is 10.6. The van der Waals surface area contributed by atoms with E-state index in [9.17, 15) is 0 Å². The first kappa shape index (κ1) is 6.48. The van der Waals surface area contributed by atoms with Gasteiger partial charge in [-0.3, -0.25) is 11.3 Å². The minimum absolute atomic E-state index is 0.779. The van der Waals surface area contributed by atoms with Crippen LogP contribution in [0.15, 0.2) is 0 Å². The second-order valence-electron chi connectivity index (χ2n) is 1.13. The number of hydrogen-bond donors (Lipinski definition) is 2. The van der Waals surface area contributed by atoms with Crippen LogP contribution in [0, 0.1) is 11.8 Å². The van der Waals surface area contributed by atoms with E-state index in [4.69, 9.17) is 5.84 Å². The van der Waals surface area contributed by atoms with Crippen molar-refractivity contribution in [1.82, 2.24) is 5.43 Å². The Kier molecular flexibility index (Phi) is 5.07. The third-order valence-electron chi connectivity index (χ3n) is 0.571. The van der Waals surface area contributed by atoms with Gasteiger partial charge in [-0.1, -0.05) is 0 Å². The van der Waals surface area contributed by atoms with Crippen molar-refractivity contribution in [3.63, 3.8) is 0 Å². The molecule has 2 nitrogen and oxygen atoms in total. The van der Waals surface area contributed by atoms with Crippen LogP contribution in [-0.2, 0) is 0 Å². The molecule has 0 aliphatic rings. The van der Waals surface area contributed by atoms with Gasteiger partial charge >= 0.3 is 0 Å². The molecule has 0 aromatic heterocycles. The van der Waals surface area contributed by atoms with Gasteiger partial charge in [-0.2, -0.15) is 0 Å². The van der Waals surface area contributed by atoms with Gasteiger partial charge in [0.05, 0.1) is 0 Å². The molecule has 40 valence electrons. The van der Waals surface area contributed by atoms with Crippen molar-refractivity contribution in [1.29, 1.82) is 0 Å². The van der Waals surface area contributed by atoms with Gasteiger partial charge < -0.3 is 0 Å². The summed E-state index contributed by atoms with van der Waals surface area (Å²) >= 11 is 0. The van der Waals surface area contributed by atoms with Crippen molar-refractivity contribution in [2.75, 3.05) is 6.54 Å². The summed E-state index contributed by atoms with van der Waals surface area (Å²) in [6.45, 7) is 2.59. The molecule has 0 amide bonds. The molecule has 0 bridgehead atoms. The zero-order valence-corrected chi connectivity index (χ0v) is 4.49. The topological polar surface area (TPSA) is 38.0 Å². The van der Waals surface area contributed by atoms with E-state index in [0.29, 0.717) is 0 Å². The average Bonchev–Trinajstić information content (AvgIpc) is 1.69. The average molecular weight is 98.1 g/mol. The molecule has 0 aromatic rings. The Balaban J connectivity index is 2.78. The van der Waals surface area contributed by atoms with E-state index in [1.165, 1.54) is 0 Å². The van der Waals surface area contributed by atoms with Crippen LogP contribution in [0.5, 0.6) is 0 Å². The fourth-order valence-electron chi connectivity index (χ4n) is 0.260. The summed E-state index contributed by atoms with van der Waals surface area (Å²) in [5.41, 5.74) is 2.50. The molecule has 0 spiro atoms. The van der Waals surface area contributed by atoms with Gasteiger partial charge in [0.2, 0.25) is 0 Å². The fourth-order valence-corrected chi connectivity index (χ4v) is 0.260. The van der Waals surface area contributed by atoms with Gasteiger partial charge in [-0.05, 0) is 6.92 Å². The van der Waals surface area contributed by atoms with Crippen molar-refractivity contribution in [2.24, 2.45) is 5.84 Å². The number of nitrogens with one attached hydrogen (secondary N) is 1. The van der Waals surface area contributed by atoms with Crippen molar-refractivity contribution in [2.45, 2.75) is 13.3 Å². The maximum atomic E-state index is 4.95. The summed E-state index contributed by atoms with van der Waals surface area (Å²) in [6, 6.07) is 0. The molecule has 0 saturated carbocycles. The lowest BCUT2D eigenvalue weighted by molar-refractivity contribution is 0.747. The molecule has 0 aromatic carbocycles. The molecule has 0 aliphatic carbocycles. The monoisotopic (exact) mass is 98.1 g/mol. The van der Waals surface area contributed by atoms with E-state index in [2.05, 4.69) is 17.3 Å². The van der Waals surface area contributed by atoms with Crippen LogP contribution < -0.4 is 11.3 Å². The van der Waals surface area contributed by atoms with E-state index in [1.54, 1.807) is 0 Å². The van der Waals surface area contributed by atoms with E-state index in [1.807, 2.05) is 6.92 Å². The predicted molar refractivity (Wildman–Crippen MR) is 30.3 cm³/mol. The second-order valence-corrected chi connectivity index (χ2v) is 1.13. The molecule has 0 heterocycles. The standard InChI is InChI=1S/C5H10N2/c1-2-3-4-5-7-6/h7H,4-6H2,1H3. The summed E-state index contributed by atoms with van der Waals surface area (Å²) in [5, 5.41) is 0. The summed E-state index contributed by atoms with van der Waals surface area (Å²) in [6.07, 6.45) is 0.840. The van der Waals surface area contributed by atoms with Gasteiger partial charge in [0.25, 0.3) is 0 Å². The first-order valence-corrected chi connectivity index (χ1v) is 2.25. The summed E-state index contributed by atoms with van der Waals surface area (Å²) in [4.78, 5) is 0. The van der Waals surface area contributed by atoms with Crippen LogP contribution in [0.1, 0.15) is 13.3 Å². The smallest absolute Gasteiger partial charge is 0.0228 e. The lowest BCUT2D eigenvalue weighted by Crippen LogP contribution is -2.22. The minimum Gasteiger partial charge on any atom is -0.271 e. The molecule has 0 radical (unpaired) electrons. The van der Waals surface area contributed by atoms with Crippen molar-refractivity contribution in [3.8, 4) is 11.8 Å². The first-order valence-electron chi connectivity index (χ1n) is 2.25. The Morgan fingerprint density at radius 1 is 1.71 bits per heavy atom. The molecule has 7 heavy (non-hydrogen) atoms. The van der Waals surface area contributed by atoms with Gasteiger partial charge in [-0.15, -0.1) is 11.8 Å². The van der Waals surface area contributed by atoms with Crippen LogP contribution in [-0.4, -0.2) is 6.54 Å². The molecule has 2 heteroatoms. The zero-order valence-electron chi connectivity index (χ0n) is 4.49. The van der Waals surface area contributed by atoms with Crippen molar-refractivity contribution < 1.29 is 0 Å². The highest BCUT2D eigenvalue weighted by Gasteiger charge is 1.70. The van der Waals surface area contributed by atoms with Gasteiger partial charge in [0.15, 0.2) is 0 Å². The van der Waals surface area contributed by atoms with Crippen LogP contribution in [0.3, 0.4) is 0 Å². The van der Waals surface area contributed by atoms with E-state index >= 15 is 0 Å². The maximum Gasteiger partial charge on any atom is 0.0228 e. The molecule has 0 atom stereocenters. The molecular formula is C5H10N2. The Hall–Kier alpha value is -0.520. The lowest BCUT2D eigenvalue weighted by atomic mass is 10.4. The molecule has 0 saturated heterocycles. The molecular weight excluding hydrogens is 88.1 g/mol. The minimum atomic E-state index is 0.779. The number of nitrogens with two attached hydrogens (primary N) is 1. The Bertz CT molecular complexity index is 77.8. The van der Waals surface area contributed by atoms with Crippen LogP contribution in [0.4, 0.5) is 0 Å². The third-order valence-corrected chi connectivity index (χ3v) is 0.571. The van der Waals surface area contributed by atoms with Crippen LogP contribution in [0.25, 0.3) is 0 Å². The SMILES string of the molecule is CC#CCCNN. The van der Waals surface area contributed by atoms with Gasteiger partial charge in [0.1, 0.15) is 0 Å². The Morgan fingerprint density at radius 3 is 2.86 bits per heavy atom.